The molecule has 0 saturated heterocycles. The van der Waals surface area contributed by atoms with E-state index in [1.807, 2.05) is 0 Å². The molecule has 1 amide bonds. The van der Waals surface area contributed by atoms with Gasteiger partial charge in [-0.15, -0.1) is 0 Å². The first-order chi connectivity index (χ1) is 8.23. The maximum Gasteiger partial charge on any atom is 0.237 e. The van der Waals surface area contributed by atoms with Crippen molar-refractivity contribution in [1.29, 1.82) is 0 Å². The molecule has 0 spiro atoms. The molecule has 1 aliphatic rings. The minimum atomic E-state index is -0.905. The van der Waals surface area contributed by atoms with E-state index in [2.05, 4.69) is 13.8 Å². The van der Waals surface area contributed by atoms with Crippen LogP contribution in [0.1, 0.15) is 59.3 Å². The minimum Gasteiger partial charge on any atom is -0.378 e. The highest BCUT2D eigenvalue weighted by Gasteiger charge is 2.28. The zero-order valence-corrected chi connectivity index (χ0v) is 12.0. The Morgan fingerprint density at radius 3 is 2.44 bits per heavy atom. The van der Waals surface area contributed by atoms with Crippen molar-refractivity contribution in [1.82, 2.24) is 0 Å². The van der Waals surface area contributed by atoms with Crippen LogP contribution in [0.3, 0.4) is 0 Å². The number of hydrogen-bond acceptors (Lipinski definition) is 3. The molecule has 0 aromatic heterocycles. The van der Waals surface area contributed by atoms with E-state index in [9.17, 15) is 4.79 Å². The van der Waals surface area contributed by atoms with Crippen molar-refractivity contribution in [3.05, 3.63) is 0 Å². The predicted octanol–water partition coefficient (Wildman–Crippen LogP) is 1.95. The highest BCUT2D eigenvalue weighted by Crippen LogP contribution is 2.36. The molecule has 106 valence electrons. The number of amides is 1. The fourth-order valence-electron chi connectivity index (χ4n) is 2.35. The van der Waals surface area contributed by atoms with Crippen molar-refractivity contribution in [3.8, 4) is 0 Å². The average Bonchev–Trinajstić information content (AvgIpc) is 2.26. The van der Waals surface area contributed by atoms with Crippen molar-refractivity contribution >= 4 is 5.91 Å². The van der Waals surface area contributed by atoms with Crippen LogP contribution in [0.4, 0.5) is 0 Å². The van der Waals surface area contributed by atoms with Gasteiger partial charge in [-0.05, 0) is 50.9 Å². The summed E-state index contributed by atoms with van der Waals surface area (Å²) in [7, 11) is 0. The quantitative estimate of drug-likeness (QED) is 0.713. The second kappa shape index (κ2) is 6.02. The summed E-state index contributed by atoms with van der Waals surface area (Å²) < 4.78 is 5.84. The van der Waals surface area contributed by atoms with Crippen LogP contribution >= 0.6 is 0 Å². The van der Waals surface area contributed by atoms with Crippen molar-refractivity contribution < 1.29 is 9.53 Å². The fourth-order valence-corrected chi connectivity index (χ4v) is 2.35. The molecule has 4 heteroatoms. The smallest absolute Gasteiger partial charge is 0.237 e. The van der Waals surface area contributed by atoms with E-state index in [-0.39, 0.29) is 0 Å². The Balaban J connectivity index is 2.14. The van der Waals surface area contributed by atoms with Gasteiger partial charge in [-0.3, -0.25) is 4.79 Å². The Labute approximate surface area is 110 Å². The van der Waals surface area contributed by atoms with Gasteiger partial charge in [-0.25, -0.2) is 0 Å². The predicted molar refractivity (Wildman–Crippen MR) is 73.0 cm³/mol. The third-order valence-electron chi connectivity index (χ3n) is 4.04. The van der Waals surface area contributed by atoms with Gasteiger partial charge in [0.05, 0.1) is 11.6 Å². The number of nitrogens with two attached hydrogens (primary N) is 2. The van der Waals surface area contributed by atoms with Crippen molar-refractivity contribution in [3.63, 3.8) is 0 Å². The summed E-state index contributed by atoms with van der Waals surface area (Å²) in [5.41, 5.74) is 10.6. The van der Waals surface area contributed by atoms with Crippen LogP contribution < -0.4 is 11.5 Å². The average molecular weight is 256 g/mol. The lowest BCUT2D eigenvalue weighted by molar-refractivity contribution is -0.122. The van der Waals surface area contributed by atoms with Crippen LogP contribution in [-0.4, -0.2) is 24.2 Å². The zero-order valence-electron chi connectivity index (χ0n) is 12.0. The highest BCUT2D eigenvalue weighted by molar-refractivity contribution is 5.83. The van der Waals surface area contributed by atoms with Crippen molar-refractivity contribution in [2.24, 2.45) is 16.9 Å². The van der Waals surface area contributed by atoms with Crippen molar-refractivity contribution in [2.75, 3.05) is 6.61 Å². The monoisotopic (exact) mass is 256 g/mol. The molecular weight excluding hydrogens is 228 g/mol. The van der Waals surface area contributed by atoms with Gasteiger partial charge in [0, 0.05) is 6.61 Å². The first-order valence-corrected chi connectivity index (χ1v) is 6.93. The summed E-state index contributed by atoms with van der Waals surface area (Å²) in [6, 6.07) is 0. The summed E-state index contributed by atoms with van der Waals surface area (Å²) in [6.45, 7) is 6.98. The molecule has 0 aromatic rings. The number of hydrogen-bond donors (Lipinski definition) is 2. The second-order valence-electron chi connectivity index (χ2n) is 6.62. The molecule has 0 bridgehead atoms. The maximum atomic E-state index is 11.0. The molecule has 0 radical (unpaired) electrons. The normalized spacial score (nSPS) is 23.6. The van der Waals surface area contributed by atoms with E-state index in [0.717, 1.165) is 19.3 Å². The van der Waals surface area contributed by atoms with Crippen LogP contribution in [-0.2, 0) is 9.53 Å². The van der Waals surface area contributed by atoms with Gasteiger partial charge in [0.25, 0.3) is 0 Å². The van der Waals surface area contributed by atoms with E-state index < -0.39 is 11.4 Å². The van der Waals surface area contributed by atoms with E-state index in [1.54, 1.807) is 6.92 Å². The fraction of sp³-hybridized carbons (Fsp3) is 0.929. The molecule has 1 fully saturated rings. The standard InChI is InChI=1S/C14H28N2O2/c1-13(2)8-5-11(6-9-13)18-10-4-7-14(3,16)12(15)17/h11H,4-10,16H2,1-3H3,(H2,15,17). The largest absolute Gasteiger partial charge is 0.378 e. The first-order valence-electron chi connectivity index (χ1n) is 6.93. The van der Waals surface area contributed by atoms with E-state index in [0.29, 0.717) is 24.5 Å². The van der Waals surface area contributed by atoms with Crippen LogP contribution in [0, 0.1) is 5.41 Å². The van der Waals surface area contributed by atoms with Gasteiger partial charge in [0.15, 0.2) is 0 Å². The number of ether oxygens (including phenoxy) is 1. The Morgan fingerprint density at radius 2 is 1.94 bits per heavy atom. The van der Waals surface area contributed by atoms with Gasteiger partial charge in [0.1, 0.15) is 0 Å². The lowest BCUT2D eigenvalue weighted by Crippen LogP contribution is -2.49. The molecule has 0 aromatic carbocycles. The molecule has 1 rings (SSSR count). The van der Waals surface area contributed by atoms with Gasteiger partial charge < -0.3 is 16.2 Å². The van der Waals surface area contributed by atoms with Gasteiger partial charge in [0.2, 0.25) is 5.91 Å². The van der Waals surface area contributed by atoms with Gasteiger partial charge in [-0.1, -0.05) is 13.8 Å². The minimum absolute atomic E-state index is 0.385. The van der Waals surface area contributed by atoms with E-state index in [4.69, 9.17) is 16.2 Å². The number of rotatable bonds is 6. The molecule has 4 nitrogen and oxygen atoms in total. The Kier molecular flexibility index (Phi) is 5.17. The molecular formula is C14H28N2O2. The third-order valence-corrected chi connectivity index (χ3v) is 4.04. The first kappa shape index (κ1) is 15.4. The zero-order chi connectivity index (χ0) is 13.8. The summed E-state index contributed by atoms with van der Waals surface area (Å²) in [4.78, 5) is 11.0. The summed E-state index contributed by atoms with van der Waals surface area (Å²) >= 11 is 0. The lowest BCUT2D eigenvalue weighted by atomic mass is 9.76. The lowest BCUT2D eigenvalue weighted by Gasteiger charge is -2.34. The number of carbonyl (C=O) groups is 1. The summed E-state index contributed by atoms with van der Waals surface area (Å²) in [6.07, 6.45) is 6.50. The second-order valence-corrected chi connectivity index (χ2v) is 6.62. The molecule has 18 heavy (non-hydrogen) atoms. The van der Waals surface area contributed by atoms with Crippen molar-refractivity contribution in [2.45, 2.75) is 70.9 Å². The Hall–Kier alpha value is -0.610. The number of carbonyl (C=O) groups excluding carboxylic acids is 1. The van der Waals surface area contributed by atoms with Crippen LogP contribution in [0.25, 0.3) is 0 Å². The maximum absolute atomic E-state index is 11.0. The molecule has 1 aliphatic carbocycles. The molecule has 1 saturated carbocycles. The highest BCUT2D eigenvalue weighted by atomic mass is 16.5. The Morgan fingerprint density at radius 1 is 1.39 bits per heavy atom. The molecule has 0 aliphatic heterocycles. The molecule has 0 heterocycles. The number of primary amides is 1. The summed E-state index contributed by atoms with van der Waals surface area (Å²) in [5, 5.41) is 0. The topological polar surface area (TPSA) is 78.3 Å². The van der Waals surface area contributed by atoms with Gasteiger partial charge in [-0.2, -0.15) is 0 Å². The van der Waals surface area contributed by atoms with E-state index in [1.165, 1.54) is 12.8 Å². The van der Waals surface area contributed by atoms with Crippen LogP contribution in [0.2, 0.25) is 0 Å². The third kappa shape index (κ3) is 4.94. The van der Waals surface area contributed by atoms with Gasteiger partial charge >= 0.3 is 0 Å². The SMILES string of the molecule is CC1(C)CCC(OCCCC(C)(N)C(N)=O)CC1. The van der Waals surface area contributed by atoms with E-state index >= 15 is 0 Å². The molecule has 1 atom stereocenters. The Bertz CT molecular complexity index is 278. The van der Waals surface area contributed by atoms with Crippen LogP contribution in [0.5, 0.6) is 0 Å². The summed E-state index contributed by atoms with van der Waals surface area (Å²) in [5.74, 6) is -0.443. The molecule has 4 N–H and O–H groups in total. The molecule has 1 unspecified atom stereocenters. The van der Waals surface area contributed by atoms with Crippen LogP contribution in [0.15, 0.2) is 0 Å².